The van der Waals surface area contributed by atoms with Crippen molar-refractivity contribution >= 4 is 15.9 Å². The van der Waals surface area contributed by atoms with Crippen molar-refractivity contribution < 1.29 is 13.2 Å². The van der Waals surface area contributed by atoms with Crippen LogP contribution in [0.5, 0.6) is 5.75 Å². The lowest BCUT2D eigenvalue weighted by Crippen LogP contribution is -2.00. The van der Waals surface area contributed by atoms with E-state index in [1.54, 1.807) is 37.5 Å². The van der Waals surface area contributed by atoms with Gasteiger partial charge < -0.3 is 4.74 Å². The second-order valence-corrected chi connectivity index (χ2v) is 7.66. The number of benzene rings is 2. The van der Waals surface area contributed by atoms with Crippen molar-refractivity contribution in [2.75, 3.05) is 7.11 Å². The molecule has 0 atom stereocenters. The van der Waals surface area contributed by atoms with Gasteiger partial charge in [-0.1, -0.05) is 29.8 Å². The highest BCUT2D eigenvalue weighted by atomic mass is 32.2. The molecule has 0 bridgehead atoms. The summed E-state index contributed by atoms with van der Waals surface area (Å²) in [7, 11) is -1.73. The van der Waals surface area contributed by atoms with Crippen molar-refractivity contribution in [3.05, 3.63) is 69.6 Å². The minimum atomic E-state index is -3.32. The van der Waals surface area contributed by atoms with Gasteiger partial charge in [-0.05, 0) is 61.2 Å². The van der Waals surface area contributed by atoms with Crippen LogP contribution in [-0.2, 0) is 15.6 Å². The number of hydrogen-bond acceptors (Lipinski definition) is 3. The first-order chi connectivity index (χ1) is 10.8. The van der Waals surface area contributed by atoms with E-state index in [2.05, 4.69) is 12.1 Å². The third-order valence-electron chi connectivity index (χ3n) is 3.71. The summed E-state index contributed by atoms with van der Waals surface area (Å²) >= 11 is 0. The van der Waals surface area contributed by atoms with E-state index in [1.807, 2.05) is 20.8 Å². The Morgan fingerprint density at radius 1 is 1.00 bits per heavy atom. The van der Waals surface area contributed by atoms with Crippen molar-refractivity contribution in [2.24, 2.45) is 0 Å². The Morgan fingerprint density at radius 3 is 2.09 bits per heavy atom. The van der Waals surface area contributed by atoms with Crippen LogP contribution in [0, 0.1) is 20.8 Å². The second kappa shape index (κ2) is 7.01. The number of sulfone groups is 1. The molecule has 0 amide bonds. The molecule has 2 aromatic rings. The van der Waals surface area contributed by atoms with Gasteiger partial charge in [-0.2, -0.15) is 0 Å². The van der Waals surface area contributed by atoms with E-state index >= 15 is 0 Å². The van der Waals surface area contributed by atoms with Gasteiger partial charge in [0.05, 0.1) is 12.9 Å². The highest BCUT2D eigenvalue weighted by Gasteiger charge is 2.09. The fraction of sp³-hybridized carbons (Fsp3) is 0.263. The summed E-state index contributed by atoms with van der Waals surface area (Å²) in [6.07, 6.45) is 1.70. The van der Waals surface area contributed by atoms with Crippen LogP contribution in [0.3, 0.4) is 0 Å². The van der Waals surface area contributed by atoms with Crippen LogP contribution in [0.25, 0.3) is 6.08 Å². The van der Waals surface area contributed by atoms with Crippen LogP contribution in [-0.4, -0.2) is 15.5 Å². The van der Waals surface area contributed by atoms with E-state index < -0.39 is 9.84 Å². The lowest BCUT2D eigenvalue weighted by molar-refractivity contribution is 0.414. The molecule has 0 heterocycles. The Morgan fingerprint density at radius 2 is 1.57 bits per heavy atom. The highest BCUT2D eigenvalue weighted by molar-refractivity contribution is 7.93. The van der Waals surface area contributed by atoms with Crippen molar-refractivity contribution in [2.45, 2.75) is 26.5 Å². The average Bonchev–Trinajstić information content (AvgIpc) is 2.46. The normalized spacial score (nSPS) is 11.8. The Hall–Kier alpha value is -2.07. The SMILES string of the molecule is COc1ccc(CS(=O)(=O)/C=C/c2c(C)cc(C)cc2C)cc1. The molecule has 0 aliphatic carbocycles. The largest absolute Gasteiger partial charge is 0.497 e. The van der Waals surface area contributed by atoms with Gasteiger partial charge in [-0.25, -0.2) is 8.42 Å². The third-order valence-corrected chi connectivity index (χ3v) is 4.99. The van der Waals surface area contributed by atoms with E-state index in [4.69, 9.17) is 4.74 Å². The van der Waals surface area contributed by atoms with Crippen molar-refractivity contribution in [3.63, 3.8) is 0 Å². The molecule has 0 N–H and O–H groups in total. The standard InChI is InChI=1S/C19H22O3S/c1-14-11-15(2)19(16(3)12-14)9-10-23(20,21)13-17-5-7-18(22-4)8-6-17/h5-12H,13H2,1-4H3/b10-9+. The number of aryl methyl sites for hydroxylation is 3. The summed E-state index contributed by atoms with van der Waals surface area (Å²) < 4.78 is 29.7. The molecule has 0 spiro atoms. The lowest BCUT2D eigenvalue weighted by atomic mass is 10.0. The van der Waals surface area contributed by atoms with Gasteiger partial charge in [-0.15, -0.1) is 0 Å². The van der Waals surface area contributed by atoms with E-state index in [0.29, 0.717) is 5.75 Å². The van der Waals surface area contributed by atoms with Crippen LogP contribution in [0.4, 0.5) is 0 Å². The fourth-order valence-corrected chi connectivity index (χ4v) is 3.72. The molecule has 122 valence electrons. The number of rotatable bonds is 5. The van der Waals surface area contributed by atoms with Gasteiger partial charge in [0.2, 0.25) is 0 Å². The number of hydrogen-bond donors (Lipinski definition) is 0. The van der Waals surface area contributed by atoms with Crippen molar-refractivity contribution in [1.29, 1.82) is 0 Å². The third kappa shape index (κ3) is 4.70. The van der Waals surface area contributed by atoms with Gasteiger partial charge in [-0.3, -0.25) is 0 Å². The summed E-state index contributed by atoms with van der Waals surface area (Å²) in [5.74, 6) is 0.699. The minimum Gasteiger partial charge on any atom is -0.497 e. The smallest absolute Gasteiger partial charge is 0.175 e. The van der Waals surface area contributed by atoms with Crippen LogP contribution < -0.4 is 4.74 Å². The molecule has 3 nitrogen and oxygen atoms in total. The summed E-state index contributed by atoms with van der Waals surface area (Å²) in [6.45, 7) is 6.03. The molecule has 2 aromatic carbocycles. The lowest BCUT2D eigenvalue weighted by Gasteiger charge is -2.07. The van der Waals surface area contributed by atoms with E-state index in [9.17, 15) is 8.42 Å². The quantitative estimate of drug-likeness (QED) is 0.825. The molecule has 4 heteroatoms. The van der Waals surface area contributed by atoms with E-state index in [1.165, 1.54) is 11.0 Å². The average molecular weight is 330 g/mol. The predicted molar refractivity (Wildman–Crippen MR) is 95.3 cm³/mol. The van der Waals surface area contributed by atoms with Gasteiger partial charge in [0.15, 0.2) is 9.84 Å². The minimum absolute atomic E-state index is 0.0164. The predicted octanol–water partition coefficient (Wildman–Crippen LogP) is 4.21. The summed E-state index contributed by atoms with van der Waals surface area (Å²) in [5.41, 5.74) is 5.05. The zero-order valence-corrected chi connectivity index (χ0v) is 14.8. The molecule has 0 saturated heterocycles. The van der Waals surface area contributed by atoms with Crippen molar-refractivity contribution in [1.82, 2.24) is 0 Å². The Balaban J connectivity index is 2.20. The Bertz CT molecular complexity index is 793. The van der Waals surface area contributed by atoms with Crippen LogP contribution in [0.1, 0.15) is 27.8 Å². The van der Waals surface area contributed by atoms with Gasteiger partial charge in [0.1, 0.15) is 5.75 Å². The van der Waals surface area contributed by atoms with Gasteiger partial charge in [0.25, 0.3) is 0 Å². The Labute approximate surface area is 138 Å². The second-order valence-electron chi connectivity index (χ2n) is 5.77. The topological polar surface area (TPSA) is 43.4 Å². The molecule has 0 aromatic heterocycles. The highest BCUT2D eigenvalue weighted by Crippen LogP contribution is 2.19. The molecule has 2 rings (SSSR count). The molecular formula is C19H22O3S. The first-order valence-corrected chi connectivity index (χ1v) is 9.14. The first-order valence-electron chi connectivity index (χ1n) is 7.42. The zero-order chi connectivity index (χ0) is 17.0. The zero-order valence-electron chi connectivity index (χ0n) is 14.0. The molecular weight excluding hydrogens is 308 g/mol. The molecule has 0 aliphatic rings. The van der Waals surface area contributed by atoms with Gasteiger partial charge >= 0.3 is 0 Å². The van der Waals surface area contributed by atoms with E-state index in [-0.39, 0.29) is 5.75 Å². The number of ether oxygens (including phenoxy) is 1. The van der Waals surface area contributed by atoms with Crippen LogP contribution in [0.2, 0.25) is 0 Å². The maximum absolute atomic E-state index is 12.3. The maximum atomic E-state index is 12.3. The number of methoxy groups -OCH3 is 1. The molecule has 0 unspecified atom stereocenters. The summed E-state index contributed by atoms with van der Waals surface area (Å²) in [6, 6.07) is 11.2. The van der Waals surface area contributed by atoms with Crippen LogP contribution >= 0.6 is 0 Å². The maximum Gasteiger partial charge on any atom is 0.175 e. The summed E-state index contributed by atoms with van der Waals surface area (Å²) in [5, 5.41) is 1.31. The monoisotopic (exact) mass is 330 g/mol. The van der Waals surface area contributed by atoms with E-state index in [0.717, 1.165) is 22.3 Å². The fourth-order valence-electron chi connectivity index (χ4n) is 2.63. The molecule has 23 heavy (non-hydrogen) atoms. The molecule has 0 saturated carbocycles. The van der Waals surface area contributed by atoms with Gasteiger partial charge in [0, 0.05) is 5.41 Å². The first kappa shape index (κ1) is 17.3. The Kier molecular flexibility index (Phi) is 5.26. The van der Waals surface area contributed by atoms with Crippen molar-refractivity contribution in [3.8, 4) is 5.75 Å². The molecule has 0 aliphatic heterocycles. The van der Waals surface area contributed by atoms with Crippen LogP contribution in [0.15, 0.2) is 41.8 Å². The molecule has 0 fully saturated rings. The summed E-state index contributed by atoms with van der Waals surface area (Å²) in [4.78, 5) is 0. The molecule has 0 radical (unpaired) electrons.